The quantitative estimate of drug-likeness (QED) is 0.701. The number of nitrogens with zero attached hydrogens (tertiary/aromatic N) is 3. The number of aryl methyl sites for hydroxylation is 1. The Morgan fingerprint density at radius 1 is 0.826 bits per heavy atom. The van der Waals surface area contributed by atoms with Crippen LogP contribution in [0.5, 0.6) is 0 Å². The second-order valence-electron chi connectivity index (χ2n) is 5.20. The van der Waals surface area contributed by atoms with Gasteiger partial charge in [-0.2, -0.15) is 10.5 Å². The van der Waals surface area contributed by atoms with E-state index in [1.54, 1.807) is 18.3 Å². The van der Waals surface area contributed by atoms with Crippen LogP contribution < -0.4 is 0 Å². The van der Waals surface area contributed by atoms with Crippen molar-refractivity contribution in [1.29, 1.82) is 10.5 Å². The molecule has 0 radical (unpaired) electrons. The first-order valence-corrected chi connectivity index (χ1v) is 7.20. The summed E-state index contributed by atoms with van der Waals surface area (Å²) in [7, 11) is 0. The Labute approximate surface area is 135 Å². The van der Waals surface area contributed by atoms with Gasteiger partial charge in [0, 0.05) is 17.3 Å². The van der Waals surface area contributed by atoms with Crippen LogP contribution in [0.25, 0.3) is 22.4 Å². The normalized spacial score (nSPS) is 9.87. The van der Waals surface area contributed by atoms with Crippen molar-refractivity contribution in [3.63, 3.8) is 0 Å². The van der Waals surface area contributed by atoms with Gasteiger partial charge in [0.15, 0.2) is 0 Å². The van der Waals surface area contributed by atoms with Crippen LogP contribution in [0.1, 0.15) is 16.7 Å². The Kier molecular flexibility index (Phi) is 3.87. The Morgan fingerprint density at radius 3 is 2.26 bits per heavy atom. The van der Waals surface area contributed by atoms with Gasteiger partial charge in [-0.1, -0.05) is 36.4 Å². The van der Waals surface area contributed by atoms with Crippen molar-refractivity contribution in [2.45, 2.75) is 6.92 Å². The third-order valence-electron chi connectivity index (χ3n) is 3.76. The van der Waals surface area contributed by atoms with Gasteiger partial charge >= 0.3 is 0 Å². The van der Waals surface area contributed by atoms with Crippen molar-refractivity contribution in [3.8, 4) is 34.5 Å². The monoisotopic (exact) mass is 295 g/mol. The second kappa shape index (κ2) is 6.13. The van der Waals surface area contributed by atoms with Crippen molar-refractivity contribution in [3.05, 3.63) is 77.5 Å². The molecule has 0 spiro atoms. The summed E-state index contributed by atoms with van der Waals surface area (Å²) in [4.78, 5) is 4.52. The average Bonchev–Trinajstić information content (AvgIpc) is 2.61. The molecule has 0 aliphatic rings. The van der Waals surface area contributed by atoms with Crippen molar-refractivity contribution >= 4 is 0 Å². The van der Waals surface area contributed by atoms with E-state index in [0.717, 1.165) is 27.9 Å². The lowest BCUT2D eigenvalue weighted by molar-refractivity contribution is 1.28. The molecular formula is C20H13N3. The van der Waals surface area contributed by atoms with E-state index in [9.17, 15) is 5.26 Å². The standard InChI is InChI=1S/C20H13N3/c1-14-9-10-23-20(19(14)15-5-3-2-4-6-15)16-7-8-17(12-21)18(11-16)13-22/h2-11H,1H3. The minimum absolute atomic E-state index is 0.368. The van der Waals surface area contributed by atoms with Gasteiger partial charge in [-0.15, -0.1) is 0 Å². The van der Waals surface area contributed by atoms with E-state index in [2.05, 4.69) is 11.1 Å². The SMILES string of the molecule is Cc1ccnc(-c2ccc(C#N)c(C#N)c2)c1-c1ccccc1. The second-order valence-corrected chi connectivity index (χ2v) is 5.20. The fraction of sp³-hybridized carbons (Fsp3) is 0.0500. The molecule has 1 aromatic heterocycles. The molecule has 0 N–H and O–H groups in total. The molecule has 0 bridgehead atoms. The highest BCUT2D eigenvalue weighted by atomic mass is 14.7. The summed E-state index contributed by atoms with van der Waals surface area (Å²) in [6, 6.07) is 21.4. The number of hydrogen-bond acceptors (Lipinski definition) is 3. The van der Waals surface area contributed by atoms with Crippen molar-refractivity contribution in [2.24, 2.45) is 0 Å². The van der Waals surface area contributed by atoms with Gasteiger partial charge in [-0.05, 0) is 36.2 Å². The maximum Gasteiger partial charge on any atom is 0.101 e. The molecule has 0 saturated heterocycles. The highest BCUT2D eigenvalue weighted by Gasteiger charge is 2.13. The molecule has 1 heterocycles. The fourth-order valence-electron chi connectivity index (χ4n) is 2.63. The molecule has 108 valence electrons. The van der Waals surface area contributed by atoms with E-state index in [-0.39, 0.29) is 0 Å². The zero-order valence-electron chi connectivity index (χ0n) is 12.6. The molecule has 2 aromatic carbocycles. The molecule has 0 saturated carbocycles. The van der Waals surface area contributed by atoms with Crippen LogP contribution in [0.2, 0.25) is 0 Å². The number of rotatable bonds is 2. The predicted octanol–water partition coefficient (Wildman–Crippen LogP) is 4.47. The van der Waals surface area contributed by atoms with Gasteiger partial charge in [0.1, 0.15) is 12.1 Å². The fourth-order valence-corrected chi connectivity index (χ4v) is 2.63. The van der Waals surface area contributed by atoms with Gasteiger partial charge in [-0.3, -0.25) is 4.98 Å². The minimum Gasteiger partial charge on any atom is -0.256 e. The zero-order valence-corrected chi connectivity index (χ0v) is 12.6. The molecule has 0 aliphatic carbocycles. The van der Waals surface area contributed by atoms with Crippen molar-refractivity contribution < 1.29 is 0 Å². The lowest BCUT2D eigenvalue weighted by Crippen LogP contribution is -1.94. The van der Waals surface area contributed by atoms with Gasteiger partial charge < -0.3 is 0 Å². The zero-order chi connectivity index (χ0) is 16.2. The summed E-state index contributed by atoms with van der Waals surface area (Å²) in [5, 5.41) is 18.3. The Balaban J connectivity index is 2.25. The Hall–Kier alpha value is -3.43. The average molecular weight is 295 g/mol. The number of benzene rings is 2. The van der Waals surface area contributed by atoms with E-state index in [1.807, 2.05) is 55.5 Å². The summed E-state index contributed by atoms with van der Waals surface area (Å²) in [5.41, 5.74) is 5.64. The lowest BCUT2D eigenvalue weighted by Gasteiger charge is -2.12. The predicted molar refractivity (Wildman–Crippen MR) is 89.3 cm³/mol. The summed E-state index contributed by atoms with van der Waals surface area (Å²) >= 11 is 0. The summed E-state index contributed by atoms with van der Waals surface area (Å²) in [6.45, 7) is 2.04. The summed E-state index contributed by atoms with van der Waals surface area (Å²) in [6.07, 6.45) is 1.77. The van der Waals surface area contributed by atoms with Gasteiger partial charge in [0.2, 0.25) is 0 Å². The van der Waals surface area contributed by atoms with E-state index in [1.165, 1.54) is 0 Å². The molecule has 23 heavy (non-hydrogen) atoms. The summed E-state index contributed by atoms with van der Waals surface area (Å²) in [5.74, 6) is 0. The Bertz CT molecular complexity index is 945. The van der Waals surface area contributed by atoms with E-state index in [4.69, 9.17) is 5.26 Å². The van der Waals surface area contributed by atoms with Crippen molar-refractivity contribution in [1.82, 2.24) is 4.98 Å². The molecule has 3 heteroatoms. The van der Waals surface area contributed by atoms with Crippen molar-refractivity contribution in [2.75, 3.05) is 0 Å². The molecule has 3 rings (SSSR count). The number of nitriles is 2. The highest BCUT2D eigenvalue weighted by Crippen LogP contribution is 2.33. The molecule has 0 amide bonds. The number of hydrogen-bond donors (Lipinski definition) is 0. The van der Waals surface area contributed by atoms with Crippen LogP contribution in [0.15, 0.2) is 60.8 Å². The maximum absolute atomic E-state index is 9.24. The van der Waals surface area contributed by atoms with E-state index in [0.29, 0.717) is 11.1 Å². The summed E-state index contributed by atoms with van der Waals surface area (Å²) < 4.78 is 0. The molecule has 0 atom stereocenters. The highest BCUT2D eigenvalue weighted by molar-refractivity contribution is 5.83. The molecule has 0 unspecified atom stereocenters. The molecule has 0 fully saturated rings. The van der Waals surface area contributed by atoms with Gasteiger partial charge in [0.05, 0.1) is 16.8 Å². The number of pyridine rings is 1. The van der Waals surface area contributed by atoms with Crippen LogP contribution in [0.4, 0.5) is 0 Å². The van der Waals surface area contributed by atoms with Gasteiger partial charge in [0.25, 0.3) is 0 Å². The van der Waals surface area contributed by atoms with Crippen LogP contribution in [-0.4, -0.2) is 4.98 Å². The molecule has 3 nitrogen and oxygen atoms in total. The molecule has 0 aliphatic heterocycles. The first-order chi connectivity index (χ1) is 11.2. The van der Waals surface area contributed by atoms with Gasteiger partial charge in [-0.25, -0.2) is 0 Å². The van der Waals surface area contributed by atoms with E-state index >= 15 is 0 Å². The van der Waals surface area contributed by atoms with Crippen LogP contribution >= 0.6 is 0 Å². The lowest BCUT2D eigenvalue weighted by atomic mass is 9.94. The first-order valence-electron chi connectivity index (χ1n) is 7.20. The Morgan fingerprint density at radius 2 is 1.57 bits per heavy atom. The van der Waals surface area contributed by atoms with Crippen LogP contribution in [0, 0.1) is 29.6 Å². The van der Waals surface area contributed by atoms with Crippen LogP contribution in [-0.2, 0) is 0 Å². The van der Waals surface area contributed by atoms with Crippen LogP contribution in [0.3, 0.4) is 0 Å². The third-order valence-corrected chi connectivity index (χ3v) is 3.76. The van der Waals surface area contributed by atoms with E-state index < -0.39 is 0 Å². The topological polar surface area (TPSA) is 60.5 Å². The molecular weight excluding hydrogens is 282 g/mol. The largest absolute Gasteiger partial charge is 0.256 e. The third kappa shape index (κ3) is 2.69. The smallest absolute Gasteiger partial charge is 0.101 e. The number of aromatic nitrogens is 1. The molecule has 3 aromatic rings. The minimum atomic E-state index is 0.368. The first kappa shape index (κ1) is 14.5. The maximum atomic E-state index is 9.24.